The summed E-state index contributed by atoms with van der Waals surface area (Å²) in [6.45, 7) is 4.57. The maximum atomic E-state index is 14.3. The second kappa shape index (κ2) is 11.7. The van der Waals surface area contributed by atoms with Gasteiger partial charge in [0.05, 0.1) is 11.9 Å². The van der Waals surface area contributed by atoms with Crippen molar-refractivity contribution in [2.24, 2.45) is 39.5 Å². The minimum atomic E-state index is -0.871. The van der Waals surface area contributed by atoms with E-state index in [2.05, 4.69) is 55.3 Å². The second-order valence-electron chi connectivity index (χ2n) is 13.6. The van der Waals surface area contributed by atoms with E-state index in [1.54, 1.807) is 30.6 Å². The van der Waals surface area contributed by atoms with Gasteiger partial charge in [-0.05, 0) is 98.7 Å². The van der Waals surface area contributed by atoms with Gasteiger partial charge in [-0.1, -0.05) is 55.5 Å². The smallest absolute Gasteiger partial charge is 0.175 e. The van der Waals surface area contributed by atoms with Gasteiger partial charge in [-0.3, -0.25) is 9.79 Å². The van der Waals surface area contributed by atoms with Crippen LogP contribution in [0.4, 0.5) is 0 Å². The number of hydrogen-bond acceptors (Lipinski definition) is 7. The number of ketones is 1. The number of thioether (sulfide) groups is 2. The number of rotatable bonds is 6. The van der Waals surface area contributed by atoms with E-state index in [4.69, 9.17) is 10.1 Å². The van der Waals surface area contributed by atoms with E-state index in [0.717, 1.165) is 57.1 Å². The van der Waals surface area contributed by atoms with Crippen molar-refractivity contribution in [1.29, 1.82) is 5.41 Å². The van der Waals surface area contributed by atoms with Crippen LogP contribution in [-0.4, -0.2) is 54.4 Å². The van der Waals surface area contributed by atoms with Crippen molar-refractivity contribution in [3.05, 3.63) is 51.8 Å². The molecule has 226 valence electrons. The molecule has 0 amide bonds. The van der Waals surface area contributed by atoms with Gasteiger partial charge in [-0.2, -0.15) is 0 Å². The topological polar surface area (TPSA) is 82.7 Å². The zero-order valence-corrected chi connectivity index (χ0v) is 27.2. The molecule has 5 aliphatic rings. The zero-order chi connectivity index (χ0) is 29.7. The molecule has 0 saturated heterocycles. The lowest BCUT2D eigenvalue weighted by Gasteiger charge is -2.61. The number of carbonyl (C=O) groups is 1. The first kappa shape index (κ1) is 30.4. The number of fused-ring (bicyclic) bond motifs is 6. The standard InChI is InChI=1S/C35H46N2O3S2/c1-33-18-23(20-36)27(37-3)17-24(33)13-14-25-26-15-16-35(40-4,34(26,2)19-28(38)32(25)33)30(39)21-41-31-12-8-6-10-22-9-5-7-11-29(22)42-31/h5,7,9,11-12,17,20,23,25-26,28,32,36,38H,6,8,10,13-16,18-19,21H2,1-4H3. The largest absolute Gasteiger partial charge is 0.393 e. The molecule has 6 rings (SSSR count). The SMILES string of the molecule is CN=C1C=C2CCC3C(C(O)CC4(C)C3CCC4(OC)C(=O)CSC3=CCCCc4ccccc4S3)C2(C)CC1C=N. The summed E-state index contributed by atoms with van der Waals surface area (Å²) in [6.07, 6.45) is 13.9. The average molecular weight is 607 g/mol. The molecular formula is C35H46N2O3S2. The lowest BCUT2D eigenvalue weighted by Crippen LogP contribution is -2.62. The summed E-state index contributed by atoms with van der Waals surface area (Å²) in [5.74, 6) is 1.37. The van der Waals surface area contributed by atoms with Gasteiger partial charge in [0, 0.05) is 46.5 Å². The molecule has 8 unspecified atom stereocenters. The Kier molecular flexibility index (Phi) is 8.44. The molecule has 0 radical (unpaired) electrons. The summed E-state index contributed by atoms with van der Waals surface area (Å²) >= 11 is 3.46. The number of Topliss-reactive ketones (excluding diaryl/α,β-unsaturated/α-hetero) is 1. The number of aliphatic hydroxyl groups is 1. The predicted molar refractivity (Wildman–Crippen MR) is 175 cm³/mol. The van der Waals surface area contributed by atoms with Gasteiger partial charge in [0.2, 0.25) is 0 Å². The fourth-order valence-electron chi connectivity index (χ4n) is 9.91. The first-order valence-corrected chi connectivity index (χ1v) is 17.5. The average Bonchev–Trinajstić information content (AvgIpc) is 3.28. The van der Waals surface area contributed by atoms with Crippen LogP contribution >= 0.6 is 23.5 Å². The van der Waals surface area contributed by atoms with Crippen LogP contribution < -0.4 is 0 Å². The number of aliphatic hydroxyl groups excluding tert-OH is 1. The summed E-state index contributed by atoms with van der Waals surface area (Å²) in [5, 5.41) is 20.1. The number of ether oxygens (including phenoxy) is 1. The van der Waals surface area contributed by atoms with Gasteiger partial charge in [0.15, 0.2) is 5.78 Å². The summed E-state index contributed by atoms with van der Waals surface area (Å²) in [5.41, 5.74) is 2.35. The second-order valence-corrected chi connectivity index (χ2v) is 16.0. The Morgan fingerprint density at radius 3 is 2.81 bits per heavy atom. The highest BCUT2D eigenvalue weighted by Gasteiger charge is 2.69. The highest BCUT2D eigenvalue weighted by atomic mass is 32.2. The lowest BCUT2D eigenvalue weighted by molar-refractivity contribution is -0.185. The Morgan fingerprint density at radius 1 is 1.24 bits per heavy atom. The number of carbonyl (C=O) groups excluding carboxylic acids is 1. The monoisotopic (exact) mass is 606 g/mol. The summed E-state index contributed by atoms with van der Waals surface area (Å²) < 4.78 is 7.55. The molecule has 3 saturated carbocycles. The highest BCUT2D eigenvalue weighted by molar-refractivity contribution is 8.22. The van der Waals surface area contributed by atoms with Gasteiger partial charge >= 0.3 is 0 Å². The molecule has 3 fully saturated rings. The molecular weight excluding hydrogens is 561 g/mol. The molecule has 0 bridgehead atoms. The molecule has 2 N–H and O–H groups in total. The van der Waals surface area contributed by atoms with E-state index in [1.807, 2.05) is 7.05 Å². The third-order valence-electron chi connectivity index (χ3n) is 11.9. The molecule has 42 heavy (non-hydrogen) atoms. The number of hydrogen-bond donors (Lipinski definition) is 2. The van der Waals surface area contributed by atoms with Crippen molar-refractivity contribution in [3.8, 4) is 0 Å². The van der Waals surface area contributed by atoms with Crippen LogP contribution in [0.3, 0.4) is 0 Å². The quantitative estimate of drug-likeness (QED) is 0.327. The molecule has 7 heteroatoms. The van der Waals surface area contributed by atoms with Crippen molar-refractivity contribution in [2.75, 3.05) is 19.9 Å². The fourth-order valence-corrected chi connectivity index (χ4v) is 12.2. The maximum absolute atomic E-state index is 14.3. The van der Waals surface area contributed by atoms with Gasteiger partial charge in [-0.15, -0.1) is 11.8 Å². The Morgan fingerprint density at radius 2 is 2.05 bits per heavy atom. The van der Waals surface area contributed by atoms with Crippen LogP contribution in [0.25, 0.3) is 0 Å². The number of nitrogens with zero attached hydrogens (tertiary/aromatic N) is 1. The third kappa shape index (κ3) is 4.72. The number of aliphatic imine (C=N–C) groups is 1. The minimum absolute atomic E-state index is 0.00400. The van der Waals surface area contributed by atoms with Crippen LogP contribution in [0.15, 0.2) is 56.1 Å². The molecule has 1 aliphatic heterocycles. The van der Waals surface area contributed by atoms with Crippen LogP contribution in [-0.2, 0) is 16.0 Å². The van der Waals surface area contributed by atoms with Crippen molar-refractivity contribution in [1.82, 2.24) is 0 Å². The Hall–Kier alpha value is -1.67. The Labute approximate surface area is 260 Å². The highest BCUT2D eigenvalue weighted by Crippen LogP contribution is 2.68. The van der Waals surface area contributed by atoms with Crippen LogP contribution in [0, 0.1) is 39.9 Å². The van der Waals surface area contributed by atoms with Gasteiger partial charge in [0.1, 0.15) is 5.60 Å². The van der Waals surface area contributed by atoms with Gasteiger partial charge in [-0.25, -0.2) is 0 Å². The van der Waals surface area contributed by atoms with E-state index < -0.39 is 17.1 Å². The van der Waals surface area contributed by atoms with Crippen molar-refractivity contribution < 1.29 is 14.6 Å². The van der Waals surface area contributed by atoms with Gasteiger partial charge < -0.3 is 15.3 Å². The van der Waals surface area contributed by atoms with Crippen molar-refractivity contribution in [3.63, 3.8) is 0 Å². The van der Waals surface area contributed by atoms with Crippen molar-refractivity contribution >= 4 is 41.2 Å². The van der Waals surface area contributed by atoms with Crippen molar-refractivity contribution in [2.45, 2.75) is 88.2 Å². The number of aryl methyl sites for hydroxylation is 1. The summed E-state index contributed by atoms with van der Waals surface area (Å²) in [7, 11) is 3.54. The van der Waals surface area contributed by atoms with E-state index in [1.165, 1.54) is 26.5 Å². The zero-order valence-electron chi connectivity index (χ0n) is 25.5. The summed E-state index contributed by atoms with van der Waals surface area (Å²) in [4.78, 5) is 20.1. The third-order valence-corrected chi connectivity index (χ3v) is 14.3. The number of allylic oxidation sites excluding steroid dienone is 3. The van der Waals surface area contributed by atoms with Crippen LogP contribution in [0.1, 0.15) is 70.8 Å². The maximum Gasteiger partial charge on any atom is 0.175 e. The van der Waals surface area contributed by atoms with Crippen LogP contribution in [0.2, 0.25) is 0 Å². The molecule has 4 aliphatic carbocycles. The summed E-state index contributed by atoms with van der Waals surface area (Å²) in [6, 6.07) is 8.63. The Bertz CT molecular complexity index is 1340. The molecule has 1 aromatic rings. The molecule has 8 atom stereocenters. The number of benzene rings is 1. The van der Waals surface area contributed by atoms with E-state index in [0.29, 0.717) is 24.0 Å². The first-order valence-electron chi connectivity index (χ1n) is 15.7. The fraction of sp³-hybridized carbons (Fsp3) is 0.629. The number of methoxy groups -OCH3 is 1. The predicted octanol–water partition coefficient (Wildman–Crippen LogP) is 7.52. The van der Waals surface area contributed by atoms with E-state index >= 15 is 0 Å². The van der Waals surface area contributed by atoms with E-state index in [-0.39, 0.29) is 23.0 Å². The Balaban J connectivity index is 1.24. The molecule has 0 spiro atoms. The first-order chi connectivity index (χ1) is 20.2. The number of nitrogens with one attached hydrogen (secondary N) is 1. The molecule has 0 aromatic heterocycles. The molecule has 5 nitrogen and oxygen atoms in total. The molecule has 1 aromatic carbocycles. The lowest BCUT2D eigenvalue weighted by atomic mass is 9.44. The normalized spacial score (nSPS) is 40.4. The molecule has 1 heterocycles. The van der Waals surface area contributed by atoms with Crippen LogP contribution in [0.5, 0.6) is 0 Å². The van der Waals surface area contributed by atoms with E-state index in [9.17, 15) is 9.90 Å². The minimum Gasteiger partial charge on any atom is -0.393 e. The van der Waals surface area contributed by atoms with Gasteiger partial charge in [0.25, 0.3) is 0 Å².